The van der Waals surface area contributed by atoms with Crippen molar-refractivity contribution in [3.05, 3.63) is 81.3 Å². The zero-order valence-corrected chi connectivity index (χ0v) is 16.5. The van der Waals surface area contributed by atoms with Crippen LogP contribution >= 0.6 is 11.3 Å². The predicted octanol–water partition coefficient (Wildman–Crippen LogP) is 5.30. The van der Waals surface area contributed by atoms with E-state index in [4.69, 9.17) is 4.74 Å². The summed E-state index contributed by atoms with van der Waals surface area (Å²) in [4.78, 5) is 16.7. The lowest BCUT2D eigenvalue weighted by Crippen LogP contribution is -2.10. The minimum Gasteiger partial charge on any atom is -0.487 e. The van der Waals surface area contributed by atoms with Crippen molar-refractivity contribution in [1.29, 1.82) is 0 Å². The lowest BCUT2D eigenvalue weighted by molar-refractivity contribution is -0.111. The maximum Gasteiger partial charge on any atom is 0.248 e. The van der Waals surface area contributed by atoms with Gasteiger partial charge in [-0.05, 0) is 44.0 Å². The van der Waals surface area contributed by atoms with Crippen LogP contribution in [0.1, 0.15) is 27.4 Å². The van der Waals surface area contributed by atoms with E-state index in [9.17, 15) is 4.79 Å². The first kappa shape index (κ1) is 18.9. The molecule has 0 fully saturated rings. The monoisotopic (exact) mass is 378 g/mol. The van der Waals surface area contributed by atoms with Gasteiger partial charge in [0.2, 0.25) is 5.91 Å². The van der Waals surface area contributed by atoms with E-state index in [1.807, 2.05) is 68.6 Å². The molecule has 0 unspecified atom stereocenters. The van der Waals surface area contributed by atoms with E-state index in [-0.39, 0.29) is 5.91 Å². The van der Waals surface area contributed by atoms with Gasteiger partial charge in [-0.25, -0.2) is 4.98 Å². The van der Waals surface area contributed by atoms with Gasteiger partial charge < -0.3 is 10.1 Å². The van der Waals surface area contributed by atoms with Gasteiger partial charge in [0, 0.05) is 22.7 Å². The van der Waals surface area contributed by atoms with Gasteiger partial charge in [-0.1, -0.05) is 36.4 Å². The Balaban J connectivity index is 1.68. The Bertz CT molecular complexity index is 956. The quantitative estimate of drug-likeness (QED) is 0.592. The lowest BCUT2D eigenvalue weighted by Gasteiger charge is -2.10. The van der Waals surface area contributed by atoms with Crippen LogP contribution in [0, 0.1) is 20.8 Å². The summed E-state index contributed by atoms with van der Waals surface area (Å²) in [6.07, 6.45) is 3.30. The van der Waals surface area contributed by atoms with Crippen molar-refractivity contribution in [2.45, 2.75) is 27.4 Å². The molecule has 0 aliphatic heterocycles. The molecule has 4 nitrogen and oxygen atoms in total. The fourth-order valence-corrected chi connectivity index (χ4v) is 3.32. The Hall–Kier alpha value is -2.92. The van der Waals surface area contributed by atoms with Crippen LogP contribution in [0.4, 0.5) is 5.69 Å². The molecule has 5 heteroatoms. The van der Waals surface area contributed by atoms with Crippen molar-refractivity contribution in [2.75, 3.05) is 5.32 Å². The summed E-state index contributed by atoms with van der Waals surface area (Å²) in [6, 6.07) is 13.6. The van der Waals surface area contributed by atoms with Crippen LogP contribution < -0.4 is 10.1 Å². The van der Waals surface area contributed by atoms with Gasteiger partial charge in [-0.2, -0.15) is 0 Å². The minimum atomic E-state index is -0.169. The van der Waals surface area contributed by atoms with E-state index in [1.54, 1.807) is 17.4 Å². The van der Waals surface area contributed by atoms with E-state index in [0.29, 0.717) is 6.61 Å². The van der Waals surface area contributed by atoms with Crippen molar-refractivity contribution >= 4 is 29.0 Å². The van der Waals surface area contributed by atoms with Crippen LogP contribution in [0.15, 0.2) is 53.9 Å². The standard InChI is InChI=1S/C22H22N2O2S/c1-15-7-6-8-16(2)22(15)24-21(25)12-11-18-9-4-5-10-20(18)26-13-19-14-27-17(3)23-19/h4-12,14H,13H2,1-3H3,(H,24,25). The van der Waals surface area contributed by atoms with Crippen molar-refractivity contribution in [3.8, 4) is 5.75 Å². The summed E-state index contributed by atoms with van der Waals surface area (Å²) in [7, 11) is 0. The average molecular weight is 378 g/mol. The summed E-state index contributed by atoms with van der Waals surface area (Å²) in [5.74, 6) is 0.552. The van der Waals surface area contributed by atoms with Gasteiger partial charge in [-0.15, -0.1) is 11.3 Å². The molecule has 3 rings (SSSR count). The van der Waals surface area contributed by atoms with Crippen LogP contribution in [-0.4, -0.2) is 10.9 Å². The number of aryl methyl sites for hydroxylation is 3. The van der Waals surface area contributed by atoms with Crippen LogP contribution in [-0.2, 0) is 11.4 Å². The Kier molecular flexibility index (Phi) is 6.04. The van der Waals surface area contributed by atoms with E-state index < -0.39 is 0 Å². The highest BCUT2D eigenvalue weighted by atomic mass is 32.1. The molecule has 0 aliphatic carbocycles. The molecule has 0 spiro atoms. The number of hydrogen-bond donors (Lipinski definition) is 1. The number of amides is 1. The van der Waals surface area contributed by atoms with Crippen LogP contribution in [0.2, 0.25) is 0 Å². The van der Waals surface area contributed by atoms with E-state index in [2.05, 4.69) is 10.3 Å². The molecule has 27 heavy (non-hydrogen) atoms. The van der Waals surface area contributed by atoms with E-state index >= 15 is 0 Å². The van der Waals surface area contributed by atoms with Gasteiger partial charge in [-0.3, -0.25) is 4.79 Å². The summed E-state index contributed by atoms with van der Waals surface area (Å²) < 4.78 is 5.89. The van der Waals surface area contributed by atoms with Crippen molar-refractivity contribution in [2.24, 2.45) is 0 Å². The molecule has 2 aromatic carbocycles. The minimum absolute atomic E-state index is 0.169. The molecule has 0 radical (unpaired) electrons. The predicted molar refractivity (Wildman–Crippen MR) is 111 cm³/mol. The smallest absolute Gasteiger partial charge is 0.248 e. The van der Waals surface area contributed by atoms with Crippen LogP contribution in [0.25, 0.3) is 6.08 Å². The number of benzene rings is 2. The van der Waals surface area contributed by atoms with Crippen molar-refractivity contribution in [3.63, 3.8) is 0 Å². The first-order chi connectivity index (χ1) is 13.0. The summed E-state index contributed by atoms with van der Waals surface area (Å²) >= 11 is 1.60. The number of nitrogens with one attached hydrogen (secondary N) is 1. The number of carbonyl (C=O) groups is 1. The third kappa shape index (κ3) is 5.05. The maximum absolute atomic E-state index is 12.3. The Morgan fingerprint density at radius 3 is 2.56 bits per heavy atom. The zero-order valence-electron chi connectivity index (χ0n) is 15.7. The second kappa shape index (κ2) is 8.64. The zero-order chi connectivity index (χ0) is 19.2. The molecule has 0 saturated carbocycles. The first-order valence-electron chi connectivity index (χ1n) is 8.71. The molecule has 0 bridgehead atoms. The number of rotatable bonds is 6. The molecular formula is C22H22N2O2S. The van der Waals surface area contributed by atoms with Crippen LogP contribution in [0.5, 0.6) is 5.75 Å². The number of aromatic nitrogens is 1. The molecular weight excluding hydrogens is 356 g/mol. The van der Waals surface area contributed by atoms with Gasteiger partial charge >= 0.3 is 0 Å². The number of hydrogen-bond acceptors (Lipinski definition) is 4. The number of nitrogens with zero attached hydrogens (tertiary/aromatic N) is 1. The highest BCUT2D eigenvalue weighted by molar-refractivity contribution is 7.09. The molecule has 0 atom stereocenters. The SMILES string of the molecule is Cc1nc(COc2ccccc2C=CC(=O)Nc2c(C)cccc2C)cs1. The highest BCUT2D eigenvalue weighted by Crippen LogP contribution is 2.22. The van der Waals surface area contributed by atoms with Gasteiger partial charge in [0.1, 0.15) is 12.4 Å². The van der Waals surface area contributed by atoms with Gasteiger partial charge in [0.15, 0.2) is 0 Å². The second-order valence-corrected chi connectivity index (χ2v) is 7.34. The summed E-state index contributed by atoms with van der Waals surface area (Å²) in [6.45, 7) is 6.34. The molecule has 3 aromatic rings. The molecule has 1 N–H and O–H groups in total. The number of para-hydroxylation sites is 2. The molecule has 0 aliphatic rings. The maximum atomic E-state index is 12.3. The third-order valence-electron chi connectivity index (χ3n) is 4.10. The summed E-state index contributed by atoms with van der Waals surface area (Å²) in [5.41, 5.74) is 4.69. The number of ether oxygens (including phenoxy) is 1. The normalized spacial score (nSPS) is 10.9. The second-order valence-electron chi connectivity index (χ2n) is 6.27. The topological polar surface area (TPSA) is 51.2 Å². The molecule has 1 aromatic heterocycles. The Labute approximate surface area is 163 Å². The average Bonchev–Trinajstić information content (AvgIpc) is 3.07. The number of anilines is 1. The molecule has 0 saturated heterocycles. The van der Waals surface area contributed by atoms with Crippen molar-refractivity contribution in [1.82, 2.24) is 4.98 Å². The van der Waals surface area contributed by atoms with E-state index in [0.717, 1.165) is 38.8 Å². The molecule has 138 valence electrons. The highest BCUT2D eigenvalue weighted by Gasteiger charge is 2.06. The largest absolute Gasteiger partial charge is 0.487 e. The Morgan fingerprint density at radius 1 is 1.11 bits per heavy atom. The summed E-state index contributed by atoms with van der Waals surface area (Å²) in [5, 5.41) is 5.96. The van der Waals surface area contributed by atoms with Crippen molar-refractivity contribution < 1.29 is 9.53 Å². The first-order valence-corrected chi connectivity index (χ1v) is 9.59. The van der Waals surface area contributed by atoms with Gasteiger partial charge in [0.05, 0.1) is 10.7 Å². The number of thiazole rings is 1. The number of carbonyl (C=O) groups excluding carboxylic acids is 1. The fraction of sp³-hybridized carbons (Fsp3) is 0.182. The molecule has 1 amide bonds. The van der Waals surface area contributed by atoms with E-state index in [1.165, 1.54) is 6.08 Å². The van der Waals surface area contributed by atoms with Gasteiger partial charge in [0.25, 0.3) is 0 Å². The molecule has 1 heterocycles. The Morgan fingerprint density at radius 2 is 1.85 bits per heavy atom. The third-order valence-corrected chi connectivity index (χ3v) is 4.93. The lowest BCUT2D eigenvalue weighted by atomic mass is 10.1. The fourth-order valence-electron chi connectivity index (χ4n) is 2.72. The van der Waals surface area contributed by atoms with Crippen LogP contribution in [0.3, 0.4) is 0 Å².